The average molecular weight is 427 g/mol. The van der Waals surface area contributed by atoms with Gasteiger partial charge in [-0.15, -0.1) is 6.58 Å². The number of carbonyl (C=O) groups excluding carboxylic acids is 3. The normalized spacial score (nSPS) is 22.0. The van der Waals surface area contributed by atoms with Crippen molar-refractivity contribution in [1.29, 1.82) is 0 Å². The molecule has 0 aromatic rings. The standard InChI is InChI=1S/C22H38N2O6/c1-8-9-10-14(2)11-15(3)18(23-21(28)30-22(4,5)6)19(26)24-13-16(25)12-17(24)20(27)29-7/h8,14-18,25H,1,9-13H2,2-7H3,(H,23,28)/t14?,15-,16?,17?,18+/m1/s1. The van der Waals surface area contributed by atoms with Gasteiger partial charge in [0.2, 0.25) is 5.91 Å². The van der Waals surface area contributed by atoms with Gasteiger partial charge in [0.15, 0.2) is 0 Å². The number of β-amino-alcohol motifs (C(OH)–C–C–N with tert-alkyl or cyclic N) is 1. The first kappa shape index (κ1) is 25.9. The Morgan fingerprint density at radius 1 is 1.30 bits per heavy atom. The van der Waals surface area contributed by atoms with Gasteiger partial charge in [0.05, 0.1) is 13.2 Å². The third-order valence-corrected chi connectivity index (χ3v) is 5.18. The van der Waals surface area contributed by atoms with Crippen molar-refractivity contribution in [2.45, 2.75) is 84.1 Å². The molecule has 1 heterocycles. The summed E-state index contributed by atoms with van der Waals surface area (Å²) in [6.07, 6.45) is 2.95. The Morgan fingerprint density at radius 3 is 2.47 bits per heavy atom. The zero-order valence-electron chi connectivity index (χ0n) is 19.1. The third kappa shape index (κ3) is 7.97. The van der Waals surface area contributed by atoms with Gasteiger partial charge >= 0.3 is 12.1 Å². The molecular formula is C22H38N2O6. The Labute approximate surface area is 180 Å². The smallest absolute Gasteiger partial charge is 0.408 e. The molecule has 1 aliphatic rings. The summed E-state index contributed by atoms with van der Waals surface area (Å²) in [5, 5.41) is 12.7. The second-order valence-electron chi connectivity index (χ2n) is 9.23. The molecule has 2 N–H and O–H groups in total. The van der Waals surface area contributed by atoms with Crippen LogP contribution in [-0.2, 0) is 19.1 Å². The van der Waals surface area contributed by atoms with Crippen LogP contribution in [0.1, 0.15) is 60.3 Å². The van der Waals surface area contributed by atoms with Crippen LogP contribution in [0.25, 0.3) is 0 Å². The molecule has 0 bridgehead atoms. The van der Waals surface area contributed by atoms with Crippen LogP contribution < -0.4 is 5.32 Å². The molecule has 0 aliphatic carbocycles. The van der Waals surface area contributed by atoms with Crippen molar-refractivity contribution in [3.05, 3.63) is 12.7 Å². The number of ether oxygens (including phenoxy) is 2. The van der Waals surface area contributed by atoms with Crippen LogP contribution in [0, 0.1) is 11.8 Å². The molecule has 1 saturated heterocycles. The summed E-state index contributed by atoms with van der Waals surface area (Å²) in [6, 6.07) is -1.76. The number of nitrogens with zero attached hydrogens (tertiary/aromatic N) is 1. The molecule has 172 valence electrons. The number of hydrogen-bond acceptors (Lipinski definition) is 6. The summed E-state index contributed by atoms with van der Waals surface area (Å²) in [4.78, 5) is 39.2. The Balaban J connectivity index is 3.05. The fraction of sp³-hybridized carbons (Fsp3) is 0.773. The molecule has 1 rings (SSSR count). The lowest BCUT2D eigenvalue weighted by Crippen LogP contribution is -2.55. The van der Waals surface area contributed by atoms with Gasteiger partial charge in [-0.25, -0.2) is 9.59 Å². The van der Waals surface area contributed by atoms with E-state index in [-0.39, 0.29) is 18.9 Å². The van der Waals surface area contributed by atoms with E-state index in [2.05, 4.69) is 18.8 Å². The van der Waals surface area contributed by atoms with Crippen LogP contribution in [0.15, 0.2) is 12.7 Å². The Hall–Kier alpha value is -2.09. The molecule has 30 heavy (non-hydrogen) atoms. The lowest BCUT2D eigenvalue weighted by molar-refractivity contribution is -0.152. The number of rotatable bonds is 9. The van der Waals surface area contributed by atoms with Crippen molar-refractivity contribution in [2.24, 2.45) is 11.8 Å². The predicted octanol–water partition coefficient (Wildman–Crippen LogP) is 2.64. The van der Waals surface area contributed by atoms with Gasteiger partial charge in [0, 0.05) is 13.0 Å². The van der Waals surface area contributed by atoms with Crippen LogP contribution in [0.3, 0.4) is 0 Å². The molecule has 0 radical (unpaired) electrons. The van der Waals surface area contributed by atoms with Gasteiger partial charge in [-0.2, -0.15) is 0 Å². The second-order valence-corrected chi connectivity index (χ2v) is 9.23. The van der Waals surface area contributed by atoms with E-state index in [0.717, 1.165) is 12.8 Å². The number of amides is 2. The number of aliphatic hydroxyl groups is 1. The fourth-order valence-electron chi connectivity index (χ4n) is 3.77. The van der Waals surface area contributed by atoms with Crippen molar-refractivity contribution >= 4 is 18.0 Å². The zero-order valence-corrected chi connectivity index (χ0v) is 19.1. The van der Waals surface area contributed by atoms with Crippen LogP contribution >= 0.6 is 0 Å². The predicted molar refractivity (Wildman–Crippen MR) is 114 cm³/mol. The number of methoxy groups -OCH3 is 1. The topological polar surface area (TPSA) is 105 Å². The number of nitrogens with one attached hydrogen (secondary N) is 1. The highest BCUT2D eigenvalue weighted by Crippen LogP contribution is 2.25. The van der Waals surface area contributed by atoms with E-state index in [1.54, 1.807) is 20.8 Å². The molecule has 2 amide bonds. The molecule has 0 spiro atoms. The summed E-state index contributed by atoms with van der Waals surface area (Å²) in [6.45, 7) is 13.0. The van der Waals surface area contributed by atoms with Gasteiger partial charge in [-0.3, -0.25) is 4.79 Å². The van der Waals surface area contributed by atoms with E-state index in [4.69, 9.17) is 9.47 Å². The highest BCUT2D eigenvalue weighted by Gasteiger charge is 2.43. The average Bonchev–Trinajstić information content (AvgIpc) is 3.03. The van der Waals surface area contributed by atoms with Crippen molar-refractivity contribution in [1.82, 2.24) is 10.2 Å². The molecule has 0 aromatic carbocycles. The first-order chi connectivity index (χ1) is 13.9. The Morgan fingerprint density at radius 2 is 1.93 bits per heavy atom. The second kappa shape index (κ2) is 11.3. The van der Waals surface area contributed by atoms with Crippen molar-refractivity contribution in [2.75, 3.05) is 13.7 Å². The van der Waals surface area contributed by atoms with E-state index in [1.807, 2.05) is 13.0 Å². The van der Waals surface area contributed by atoms with E-state index < -0.39 is 41.8 Å². The summed E-state index contributed by atoms with van der Waals surface area (Å²) in [5.74, 6) is -0.894. The highest BCUT2D eigenvalue weighted by molar-refractivity contribution is 5.90. The highest BCUT2D eigenvalue weighted by atomic mass is 16.6. The van der Waals surface area contributed by atoms with E-state index in [0.29, 0.717) is 12.3 Å². The van der Waals surface area contributed by atoms with E-state index in [1.165, 1.54) is 12.0 Å². The van der Waals surface area contributed by atoms with E-state index in [9.17, 15) is 19.5 Å². The molecule has 8 nitrogen and oxygen atoms in total. The molecule has 3 unspecified atom stereocenters. The summed E-state index contributed by atoms with van der Waals surface area (Å²) in [7, 11) is 1.25. The molecule has 0 aromatic heterocycles. The molecule has 1 aliphatic heterocycles. The number of esters is 1. The van der Waals surface area contributed by atoms with Gasteiger partial charge in [-0.05, 0) is 51.9 Å². The zero-order chi connectivity index (χ0) is 23.1. The van der Waals surface area contributed by atoms with Crippen LogP contribution in [0.2, 0.25) is 0 Å². The molecule has 5 atom stereocenters. The summed E-state index contributed by atoms with van der Waals surface area (Å²) in [5.41, 5.74) is -0.712. The fourth-order valence-corrected chi connectivity index (χ4v) is 3.77. The van der Waals surface area contributed by atoms with Crippen molar-refractivity contribution in [3.8, 4) is 0 Å². The summed E-state index contributed by atoms with van der Waals surface area (Å²) < 4.78 is 10.1. The monoisotopic (exact) mass is 426 g/mol. The van der Waals surface area contributed by atoms with Crippen LogP contribution in [0.5, 0.6) is 0 Å². The van der Waals surface area contributed by atoms with Gasteiger partial charge in [0.25, 0.3) is 0 Å². The maximum Gasteiger partial charge on any atom is 0.408 e. The lowest BCUT2D eigenvalue weighted by Gasteiger charge is -2.32. The van der Waals surface area contributed by atoms with Crippen LogP contribution in [-0.4, -0.2) is 65.4 Å². The molecule has 8 heteroatoms. The number of alkyl carbamates (subject to hydrolysis) is 1. The summed E-state index contributed by atoms with van der Waals surface area (Å²) >= 11 is 0. The number of hydrogen-bond donors (Lipinski definition) is 2. The van der Waals surface area contributed by atoms with E-state index >= 15 is 0 Å². The molecule has 0 saturated carbocycles. The number of aliphatic hydroxyl groups excluding tert-OH is 1. The maximum atomic E-state index is 13.4. The maximum absolute atomic E-state index is 13.4. The van der Waals surface area contributed by atoms with Crippen molar-refractivity contribution in [3.63, 3.8) is 0 Å². The van der Waals surface area contributed by atoms with Crippen LogP contribution in [0.4, 0.5) is 4.79 Å². The largest absolute Gasteiger partial charge is 0.467 e. The first-order valence-corrected chi connectivity index (χ1v) is 10.6. The molecule has 1 fully saturated rings. The number of carbonyl (C=O) groups is 3. The van der Waals surface area contributed by atoms with Gasteiger partial charge < -0.3 is 24.8 Å². The first-order valence-electron chi connectivity index (χ1n) is 10.6. The minimum absolute atomic E-state index is 0.0177. The SMILES string of the molecule is C=CCCC(C)C[C@@H](C)[C@H](NC(=O)OC(C)(C)C)C(=O)N1CC(O)CC1C(=O)OC. The lowest BCUT2D eigenvalue weighted by atomic mass is 9.88. The Kier molecular flexibility index (Phi) is 9.81. The third-order valence-electron chi connectivity index (χ3n) is 5.18. The van der Waals surface area contributed by atoms with Gasteiger partial charge in [-0.1, -0.05) is 19.9 Å². The quantitative estimate of drug-likeness (QED) is 0.434. The minimum Gasteiger partial charge on any atom is -0.467 e. The van der Waals surface area contributed by atoms with Gasteiger partial charge in [0.1, 0.15) is 17.7 Å². The number of likely N-dealkylation sites (tertiary alicyclic amines) is 1. The number of allylic oxidation sites excluding steroid dienone is 1. The molecular weight excluding hydrogens is 388 g/mol. The Bertz CT molecular complexity index is 615. The minimum atomic E-state index is -0.886. The van der Waals surface area contributed by atoms with Crippen molar-refractivity contribution < 1.29 is 29.0 Å².